The fourth-order valence-corrected chi connectivity index (χ4v) is 2.91. The molecule has 132 valence electrons. The van der Waals surface area contributed by atoms with Gasteiger partial charge in [0.15, 0.2) is 5.65 Å². The molecule has 3 rings (SSSR count). The number of nitrogens with one attached hydrogen (secondary N) is 1. The van der Waals surface area contributed by atoms with E-state index in [-0.39, 0.29) is 0 Å². The summed E-state index contributed by atoms with van der Waals surface area (Å²) < 4.78 is 8.01. The predicted molar refractivity (Wildman–Crippen MR) is 109 cm³/mol. The van der Waals surface area contributed by atoms with E-state index >= 15 is 0 Å². The number of anilines is 1. The largest absolute Gasteiger partial charge is 0.496 e. The van der Waals surface area contributed by atoms with Crippen LogP contribution in [0.3, 0.4) is 0 Å². The number of nitrogens with zero attached hydrogens (tertiary/aromatic N) is 4. The molecule has 0 radical (unpaired) electrons. The van der Waals surface area contributed by atoms with Crippen molar-refractivity contribution in [2.24, 2.45) is 4.99 Å². The van der Waals surface area contributed by atoms with Crippen LogP contribution in [0, 0.1) is 0 Å². The number of ether oxygens (including phenoxy) is 1. The van der Waals surface area contributed by atoms with Crippen molar-refractivity contribution in [1.82, 2.24) is 14.6 Å². The molecule has 2 heterocycles. The summed E-state index contributed by atoms with van der Waals surface area (Å²) in [6, 6.07) is 9.68. The maximum Gasteiger partial charge on any atom is 0.172 e. The van der Waals surface area contributed by atoms with Crippen molar-refractivity contribution in [3.8, 4) is 17.0 Å². The van der Waals surface area contributed by atoms with Crippen molar-refractivity contribution in [2.45, 2.75) is 6.92 Å². The van der Waals surface area contributed by atoms with Gasteiger partial charge in [-0.25, -0.2) is 4.98 Å². The van der Waals surface area contributed by atoms with Gasteiger partial charge < -0.3 is 10.1 Å². The van der Waals surface area contributed by atoms with Crippen LogP contribution >= 0.6 is 15.9 Å². The van der Waals surface area contributed by atoms with Gasteiger partial charge in [0.25, 0.3) is 0 Å². The van der Waals surface area contributed by atoms with Crippen LogP contribution in [-0.2, 0) is 0 Å². The maximum absolute atomic E-state index is 5.48. The molecular formula is C19H18BrN5O. The molecule has 26 heavy (non-hydrogen) atoms. The van der Waals surface area contributed by atoms with Crippen LogP contribution in [0.2, 0.25) is 0 Å². The summed E-state index contributed by atoms with van der Waals surface area (Å²) in [5, 5.41) is 7.71. The second-order valence-electron chi connectivity index (χ2n) is 5.35. The van der Waals surface area contributed by atoms with E-state index in [1.54, 1.807) is 24.0 Å². The Morgan fingerprint density at radius 1 is 1.38 bits per heavy atom. The third-order valence-electron chi connectivity index (χ3n) is 3.66. The molecule has 0 aliphatic heterocycles. The van der Waals surface area contributed by atoms with Crippen molar-refractivity contribution in [1.29, 1.82) is 0 Å². The number of methoxy groups -OCH3 is 1. The molecule has 6 nitrogen and oxygen atoms in total. The highest BCUT2D eigenvalue weighted by atomic mass is 79.9. The number of aromatic nitrogens is 3. The first kappa shape index (κ1) is 17.9. The van der Waals surface area contributed by atoms with Crippen LogP contribution in [0.1, 0.15) is 6.92 Å². The van der Waals surface area contributed by atoms with E-state index in [9.17, 15) is 0 Å². The fraction of sp³-hybridized carbons (Fsp3) is 0.105. The highest BCUT2D eigenvalue weighted by Gasteiger charge is 2.14. The Kier molecular flexibility index (Phi) is 5.48. The number of aliphatic imine (C=N–C) groups is 1. The normalized spacial score (nSPS) is 11.9. The molecule has 0 fully saturated rings. The van der Waals surface area contributed by atoms with E-state index < -0.39 is 0 Å². The number of para-hydroxylation sites is 1. The van der Waals surface area contributed by atoms with E-state index in [1.165, 1.54) is 0 Å². The molecule has 0 atom stereocenters. The molecule has 7 heteroatoms. The highest BCUT2D eigenvalue weighted by Crippen LogP contribution is 2.32. The Morgan fingerprint density at radius 2 is 2.19 bits per heavy atom. The van der Waals surface area contributed by atoms with Gasteiger partial charge in [0, 0.05) is 17.8 Å². The molecule has 0 spiro atoms. The van der Waals surface area contributed by atoms with Gasteiger partial charge in [-0.05, 0) is 47.8 Å². The van der Waals surface area contributed by atoms with Gasteiger partial charge in [0.2, 0.25) is 0 Å². The van der Waals surface area contributed by atoms with E-state index in [2.05, 4.69) is 38.1 Å². The predicted octanol–water partition coefficient (Wildman–Crippen LogP) is 4.70. The monoisotopic (exact) mass is 411 g/mol. The number of hydrogen-bond acceptors (Lipinski definition) is 5. The Morgan fingerprint density at radius 3 is 2.92 bits per heavy atom. The Hall–Kier alpha value is -2.93. The van der Waals surface area contributed by atoms with Crippen molar-refractivity contribution in [2.75, 3.05) is 12.4 Å². The van der Waals surface area contributed by atoms with Gasteiger partial charge in [0.05, 0.1) is 29.2 Å². The number of halogens is 1. The lowest BCUT2D eigenvalue weighted by Gasteiger charge is -2.13. The smallest absolute Gasteiger partial charge is 0.172 e. The highest BCUT2D eigenvalue weighted by molar-refractivity contribution is 9.10. The van der Waals surface area contributed by atoms with E-state index in [4.69, 9.17) is 9.72 Å². The van der Waals surface area contributed by atoms with Crippen LogP contribution < -0.4 is 10.1 Å². The summed E-state index contributed by atoms with van der Waals surface area (Å²) in [6.45, 7) is 5.46. The van der Waals surface area contributed by atoms with Gasteiger partial charge >= 0.3 is 0 Å². The SMILES string of the molecule is C=N/C=C(\C=C/C)Nc1cc(-c2ccccc2OC)nc2c(Br)cnn12. The third kappa shape index (κ3) is 3.52. The molecule has 0 aliphatic rings. The molecule has 3 aromatic rings. The zero-order valence-electron chi connectivity index (χ0n) is 14.5. The molecule has 0 aliphatic carbocycles. The van der Waals surface area contributed by atoms with Crippen molar-refractivity contribution in [3.63, 3.8) is 0 Å². The van der Waals surface area contributed by atoms with Crippen molar-refractivity contribution >= 4 is 34.1 Å². The third-order valence-corrected chi connectivity index (χ3v) is 4.22. The minimum absolute atomic E-state index is 0.697. The second kappa shape index (κ2) is 7.97. The number of hydrogen-bond donors (Lipinski definition) is 1. The van der Waals surface area contributed by atoms with E-state index in [0.29, 0.717) is 5.65 Å². The van der Waals surface area contributed by atoms with Crippen molar-refractivity contribution < 1.29 is 4.74 Å². The van der Waals surface area contributed by atoms with Crippen molar-refractivity contribution in [3.05, 3.63) is 65.1 Å². The minimum atomic E-state index is 0.697. The molecule has 1 N–H and O–H groups in total. The van der Waals surface area contributed by atoms with Gasteiger partial charge in [0.1, 0.15) is 11.6 Å². The minimum Gasteiger partial charge on any atom is -0.496 e. The summed E-state index contributed by atoms with van der Waals surface area (Å²) in [5.41, 5.74) is 3.15. The van der Waals surface area contributed by atoms with Gasteiger partial charge in [-0.3, -0.25) is 4.99 Å². The molecule has 0 saturated heterocycles. The zero-order valence-corrected chi connectivity index (χ0v) is 16.1. The van der Waals surface area contributed by atoms with Crippen LogP contribution in [0.25, 0.3) is 16.9 Å². The Balaban J connectivity index is 2.19. The first-order valence-corrected chi connectivity index (χ1v) is 8.70. The maximum atomic E-state index is 5.48. The molecule has 1 aromatic carbocycles. The number of rotatable bonds is 6. The average molecular weight is 412 g/mol. The quantitative estimate of drug-likeness (QED) is 0.471. The number of benzene rings is 1. The average Bonchev–Trinajstić information content (AvgIpc) is 3.03. The summed E-state index contributed by atoms with van der Waals surface area (Å²) in [6.07, 6.45) is 7.18. The van der Waals surface area contributed by atoms with Gasteiger partial charge in [-0.2, -0.15) is 9.61 Å². The summed E-state index contributed by atoms with van der Waals surface area (Å²) >= 11 is 3.51. The molecular weight excluding hydrogens is 394 g/mol. The topological polar surface area (TPSA) is 63.8 Å². The van der Waals surface area contributed by atoms with Crippen LogP contribution in [-0.4, -0.2) is 28.4 Å². The van der Waals surface area contributed by atoms with E-state index in [0.717, 1.165) is 33.0 Å². The van der Waals surface area contributed by atoms with Crippen LogP contribution in [0.15, 0.2) is 70.0 Å². The standard InChI is InChI=1S/C19H18BrN5O/c1-4-7-13(11-21-2)23-18-10-16(14-8-5-6-9-17(14)26-3)24-19-15(20)12-22-25(18)19/h4-12,23H,2H2,1,3H3/b7-4-,13-11+. The Labute approximate surface area is 160 Å². The summed E-state index contributed by atoms with van der Waals surface area (Å²) in [4.78, 5) is 8.58. The lowest BCUT2D eigenvalue weighted by Crippen LogP contribution is -2.06. The summed E-state index contributed by atoms with van der Waals surface area (Å²) in [5.74, 6) is 1.50. The van der Waals surface area contributed by atoms with E-state index in [1.807, 2.05) is 49.4 Å². The second-order valence-corrected chi connectivity index (χ2v) is 6.20. The van der Waals surface area contributed by atoms with Gasteiger partial charge in [-0.1, -0.05) is 18.2 Å². The van der Waals surface area contributed by atoms with Crippen LogP contribution in [0.5, 0.6) is 5.75 Å². The van der Waals surface area contributed by atoms with Gasteiger partial charge in [-0.15, -0.1) is 0 Å². The molecule has 2 aromatic heterocycles. The lowest BCUT2D eigenvalue weighted by molar-refractivity contribution is 0.416. The molecule has 0 unspecified atom stereocenters. The molecule has 0 bridgehead atoms. The first-order valence-electron chi connectivity index (χ1n) is 7.91. The Bertz CT molecular complexity index is 1010. The zero-order chi connectivity index (χ0) is 18.5. The molecule has 0 amide bonds. The molecule has 0 saturated carbocycles. The number of allylic oxidation sites excluding steroid dienone is 2. The first-order chi connectivity index (χ1) is 12.7. The number of fused-ring (bicyclic) bond motifs is 1. The fourth-order valence-electron chi connectivity index (χ4n) is 2.56. The lowest BCUT2D eigenvalue weighted by atomic mass is 10.1. The summed E-state index contributed by atoms with van der Waals surface area (Å²) in [7, 11) is 1.65. The van der Waals surface area contributed by atoms with Crippen LogP contribution in [0.4, 0.5) is 5.82 Å².